The largest absolute Gasteiger partial charge is 0.347 e. The van der Waals surface area contributed by atoms with Gasteiger partial charge in [-0.1, -0.05) is 17.7 Å². The molecule has 0 aliphatic heterocycles. The first kappa shape index (κ1) is 17.6. The summed E-state index contributed by atoms with van der Waals surface area (Å²) in [7, 11) is -3.67. The maximum Gasteiger partial charge on any atom is 0.261 e. The van der Waals surface area contributed by atoms with E-state index >= 15 is 0 Å². The minimum Gasteiger partial charge on any atom is -0.347 e. The molecule has 1 N–H and O–H groups in total. The normalized spacial score (nSPS) is 11.2. The van der Waals surface area contributed by atoms with Gasteiger partial charge in [0.1, 0.15) is 4.21 Å². The van der Waals surface area contributed by atoms with Gasteiger partial charge in [-0.25, -0.2) is 8.42 Å². The number of aromatic nitrogens is 1. The van der Waals surface area contributed by atoms with Crippen molar-refractivity contribution in [2.75, 3.05) is 0 Å². The predicted molar refractivity (Wildman–Crippen MR) is 96.6 cm³/mol. The minimum atomic E-state index is -3.67. The molecule has 0 saturated heterocycles. The molecule has 0 fully saturated rings. The summed E-state index contributed by atoms with van der Waals surface area (Å²) in [6.07, 6.45) is 3.31. The smallest absolute Gasteiger partial charge is 0.261 e. The van der Waals surface area contributed by atoms with Crippen LogP contribution in [0.1, 0.15) is 15.2 Å². The summed E-state index contributed by atoms with van der Waals surface area (Å²) >= 11 is 6.72. The third kappa shape index (κ3) is 4.07. The molecule has 2 aromatic heterocycles. The van der Waals surface area contributed by atoms with Gasteiger partial charge in [0.2, 0.25) is 9.84 Å². The Kier molecular flexibility index (Phi) is 5.17. The van der Waals surface area contributed by atoms with Crippen molar-refractivity contribution in [3.05, 3.63) is 76.4 Å². The molecule has 1 amide bonds. The fourth-order valence-corrected chi connectivity index (χ4v) is 4.84. The fourth-order valence-electron chi connectivity index (χ4n) is 2.09. The number of hydrogen-bond donors (Lipinski definition) is 1. The Labute approximate surface area is 154 Å². The Hall–Kier alpha value is -2.22. The van der Waals surface area contributed by atoms with E-state index in [1.54, 1.807) is 18.5 Å². The number of carbonyl (C=O) groups is 1. The average molecular weight is 393 g/mol. The Morgan fingerprint density at radius 3 is 2.56 bits per heavy atom. The highest BCUT2D eigenvalue weighted by molar-refractivity contribution is 7.93. The number of nitrogens with one attached hydrogen (secondary N) is 1. The van der Waals surface area contributed by atoms with Crippen LogP contribution in [0.25, 0.3) is 0 Å². The molecule has 1 aromatic carbocycles. The molecule has 0 radical (unpaired) electrons. The number of sulfone groups is 1. The minimum absolute atomic E-state index is 0.112. The van der Waals surface area contributed by atoms with E-state index in [-0.39, 0.29) is 15.0 Å². The van der Waals surface area contributed by atoms with Crippen LogP contribution in [0.5, 0.6) is 0 Å². The van der Waals surface area contributed by atoms with Gasteiger partial charge in [-0.2, -0.15) is 0 Å². The Balaban J connectivity index is 1.75. The zero-order chi connectivity index (χ0) is 17.9. The van der Waals surface area contributed by atoms with E-state index in [4.69, 9.17) is 11.6 Å². The molecule has 128 valence electrons. The number of carbonyl (C=O) groups excluding carboxylic acids is 1. The number of pyridine rings is 1. The van der Waals surface area contributed by atoms with E-state index < -0.39 is 9.84 Å². The molecule has 25 heavy (non-hydrogen) atoms. The van der Waals surface area contributed by atoms with Crippen molar-refractivity contribution in [1.82, 2.24) is 10.3 Å². The van der Waals surface area contributed by atoms with Gasteiger partial charge in [0.05, 0.1) is 9.77 Å². The highest BCUT2D eigenvalue weighted by atomic mass is 35.5. The first-order chi connectivity index (χ1) is 12.0. The first-order valence-corrected chi connectivity index (χ1v) is 9.92. The van der Waals surface area contributed by atoms with Gasteiger partial charge in [0, 0.05) is 24.0 Å². The second kappa shape index (κ2) is 7.35. The zero-order valence-electron chi connectivity index (χ0n) is 12.8. The fraction of sp³-hybridized carbons (Fsp3) is 0.0588. The first-order valence-electron chi connectivity index (χ1n) is 7.24. The SMILES string of the molecule is O=C(NCc1cccnc1)c1ccc(S(=O)(=O)c2ccc(Cl)cc2)s1. The van der Waals surface area contributed by atoms with Crippen molar-refractivity contribution in [3.8, 4) is 0 Å². The second-order valence-electron chi connectivity index (χ2n) is 5.12. The number of thiophene rings is 1. The maximum atomic E-state index is 12.6. The lowest BCUT2D eigenvalue weighted by Gasteiger charge is -2.03. The van der Waals surface area contributed by atoms with Gasteiger partial charge >= 0.3 is 0 Å². The van der Waals surface area contributed by atoms with Crippen molar-refractivity contribution in [3.63, 3.8) is 0 Å². The standard InChI is InChI=1S/C17H13ClN2O3S2/c18-13-3-5-14(6-4-13)25(22,23)16-8-7-15(24-16)17(21)20-11-12-2-1-9-19-10-12/h1-10H,11H2,(H,20,21). The number of amides is 1. The van der Waals surface area contributed by atoms with Gasteiger partial charge in [-0.3, -0.25) is 9.78 Å². The van der Waals surface area contributed by atoms with Crippen LogP contribution in [0.2, 0.25) is 5.02 Å². The molecule has 0 atom stereocenters. The summed E-state index contributed by atoms with van der Waals surface area (Å²) in [5, 5.41) is 3.21. The summed E-state index contributed by atoms with van der Waals surface area (Å²) in [6, 6.07) is 12.5. The van der Waals surface area contributed by atoms with Crippen molar-refractivity contribution in [2.24, 2.45) is 0 Å². The molecule has 8 heteroatoms. The van der Waals surface area contributed by atoms with Crippen LogP contribution >= 0.6 is 22.9 Å². The molecule has 0 aliphatic rings. The molecule has 3 rings (SSSR count). The number of halogens is 1. The third-order valence-corrected chi connectivity index (χ3v) is 6.97. The molecule has 2 heterocycles. The molecular formula is C17H13ClN2O3S2. The topological polar surface area (TPSA) is 76.1 Å². The van der Waals surface area contributed by atoms with Crippen molar-refractivity contribution < 1.29 is 13.2 Å². The number of hydrogen-bond acceptors (Lipinski definition) is 5. The van der Waals surface area contributed by atoms with Gasteiger partial charge < -0.3 is 5.32 Å². The van der Waals surface area contributed by atoms with Crippen LogP contribution in [0.4, 0.5) is 0 Å². The van der Waals surface area contributed by atoms with Gasteiger partial charge in [-0.15, -0.1) is 11.3 Å². The summed E-state index contributed by atoms with van der Waals surface area (Å²) < 4.78 is 25.3. The summed E-state index contributed by atoms with van der Waals surface area (Å²) in [5.74, 6) is -0.327. The van der Waals surface area contributed by atoms with Gasteiger partial charge in [0.15, 0.2) is 0 Å². The van der Waals surface area contributed by atoms with Crippen molar-refractivity contribution in [2.45, 2.75) is 15.6 Å². The van der Waals surface area contributed by atoms with Crippen LogP contribution < -0.4 is 5.32 Å². The zero-order valence-corrected chi connectivity index (χ0v) is 15.2. The molecule has 0 bridgehead atoms. The summed E-state index contributed by atoms with van der Waals surface area (Å²) in [4.78, 5) is 16.7. The Bertz CT molecular complexity index is 984. The molecule has 0 aliphatic carbocycles. The van der Waals surface area contributed by atoms with E-state index in [0.717, 1.165) is 16.9 Å². The monoisotopic (exact) mass is 392 g/mol. The highest BCUT2D eigenvalue weighted by Gasteiger charge is 2.21. The highest BCUT2D eigenvalue weighted by Crippen LogP contribution is 2.28. The third-order valence-electron chi connectivity index (χ3n) is 3.37. The summed E-state index contributed by atoms with van der Waals surface area (Å²) in [5.41, 5.74) is 0.862. The summed E-state index contributed by atoms with van der Waals surface area (Å²) in [6.45, 7) is 0.323. The van der Waals surface area contributed by atoms with Crippen LogP contribution in [0.15, 0.2) is 70.0 Å². The van der Waals surface area contributed by atoms with Crippen LogP contribution in [0, 0.1) is 0 Å². The number of benzene rings is 1. The van der Waals surface area contributed by atoms with Crippen LogP contribution in [-0.4, -0.2) is 19.3 Å². The number of rotatable bonds is 5. The molecular weight excluding hydrogens is 380 g/mol. The van der Waals surface area contributed by atoms with Crippen molar-refractivity contribution in [1.29, 1.82) is 0 Å². The predicted octanol–water partition coefficient (Wildman–Crippen LogP) is 3.56. The lowest BCUT2D eigenvalue weighted by atomic mass is 10.3. The van der Waals surface area contributed by atoms with Crippen LogP contribution in [0.3, 0.4) is 0 Å². The van der Waals surface area contributed by atoms with E-state index in [2.05, 4.69) is 10.3 Å². The Morgan fingerprint density at radius 2 is 1.88 bits per heavy atom. The quantitative estimate of drug-likeness (QED) is 0.720. The van der Waals surface area contributed by atoms with E-state index in [1.165, 1.54) is 36.4 Å². The second-order valence-corrected chi connectivity index (χ2v) is 8.82. The average Bonchev–Trinajstić information content (AvgIpc) is 3.12. The lowest BCUT2D eigenvalue weighted by molar-refractivity contribution is 0.0955. The lowest BCUT2D eigenvalue weighted by Crippen LogP contribution is -2.21. The van der Waals surface area contributed by atoms with Crippen molar-refractivity contribution >= 4 is 38.7 Å². The molecule has 5 nitrogen and oxygen atoms in total. The van der Waals surface area contributed by atoms with E-state index in [9.17, 15) is 13.2 Å². The molecule has 0 spiro atoms. The van der Waals surface area contributed by atoms with Gasteiger partial charge in [0.25, 0.3) is 5.91 Å². The number of nitrogens with zero attached hydrogens (tertiary/aromatic N) is 1. The molecule has 0 unspecified atom stereocenters. The van der Waals surface area contributed by atoms with E-state index in [1.807, 2.05) is 6.07 Å². The van der Waals surface area contributed by atoms with Crippen LogP contribution in [-0.2, 0) is 16.4 Å². The van der Waals surface area contributed by atoms with Gasteiger partial charge in [-0.05, 0) is 48.0 Å². The molecule has 0 saturated carbocycles. The maximum absolute atomic E-state index is 12.6. The Morgan fingerprint density at radius 1 is 1.12 bits per heavy atom. The van der Waals surface area contributed by atoms with E-state index in [0.29, 0.717) is 16.4 Å². The molecule has 3 aromatic rings.